The molecule has 196 valence electrons. The van der Waals surface area contributed by atoms with Gasteiger partial charge in [-0.15, -0.1) is 0 Å². The quantitative estimate of drug-likeness (QED) is 0.314. The number of fused-ring (bicyclic) bond motifs is 1. The molecule has 0 aliphatic carbocycles. The van der Waals surface area contributed by atoms with E-state index in [4.69, 9.17) is 5.11 Å². The number of aliphatic carboxylic acids is 1. The number of carbonyl (C=O) groups excluding carboxylic acids is 1. The number of hydrogen-bond acceptors (Lipinski definition) is 7. The Balaban J connectivity index is 1.85. The van der Waals surface area contributed by atoms with Crippen LogP contribution in [0.3, 0.4) is 0 Å². The van der Waals surface area contributed by atoms with Gasteiger partial charge in [-0.05, 0) is 31.5 Å². The molecule has 0 saturated carbocycles. The Labute approximate surface area is 218 Å². The molecule has 1 aliphatic heterocycles. The molecule has 0 radical (unpaired) electrons. The van der Waals surface area contributed by atoms with Gasteiger partial charge in [0.15, 0.2) is 6.17 Å². The largest absolute Gasteiger partial charge is 0.481 e. The number of non-ortho nitro benzene ring substituents is 1. The van der Waals surface area contributed by atoms with Gasteiger partial charge in [0, 0.05) is 36.2 Å². The number of hydrogen-bond donors (Lipinski definition) is 2. The van der Waals surface area contributed by atoms with Gasteiger partial charge in [-0.25, -0.2) is 8.42 Å². The van der Waals surface area contributed by atoms with E-state index in [0.29, 0.717) is 16.8 Å². The van der Waals surface area contributed by atoms with Crippen LogP contribution in [0.1, 0.15) is 29.5 Å². The van der Waals surface area contributed by atoms with Crippen LogP contribution >= 0.6 is 0 Å². The first-order chi connectivity index (χ1) is 18.1. The van der Waals surface area contributed by atoms with E-state index in [1.165, 1.54) is 35.2 Å². The number of aliphatic imine (C=N–C) groups is 1. The topological polar surface area (TPSA) is 159 Å². The number of benzene rings is 3. The summed E-state index contributed by atoms with van der Waals surface area (Å²) in [4.78, 5) is 41.4. The van der Waals surface area contributed by atoms with Crippen molar-refractivity contribution in [3.05, 3.63) is 99.6 Å². The van der Waals surface area contributed by atoms with E-state index in [9.17, 15) is 28.1 Å². The first-order valence-electron chi connectivity index (χ1n) is 11.6. The number of benzodiazepines with no additional fused rings is 1. The van der Waals surface area contributed by atoms with Gasteiger partial charge in [-0.2, -0.15) is 4.72 Å². The van der Waals surface area contributed by atoms with Crippen LogP contribution in [0.25, 0.3) is 0 Å². The van der Waals surface area contributed by atoms with Crippen molar-refractivity contribution in [2.75, 3.05) is 11.4 Å². The van der Waals surface area contributed by atoms with Crippen molar-refractivity contribution in [1.82, 2.24) is 4.72 Å². The third-order valence-electron chi connectivity index (χ3n) is 5.91. The highest BCUT2D eigenvalue weighted by molar-refractivity contribution is 7.89. The number of carbonyl (C=O) groups is 2. The van der Waals surface area contributed by atoms with E-state index in [2.05, 4.69) is 9.71 Å². The zero-order chi connectivity index (χ0) is 27.4. The van der Waals surface area contributed by atoms with Crippen LogP contribution in [0.5, 0.6) is 0 Å². The van der Waals surface area contributed by atoms with Crippen LogP contribution in [-0.4, -0.2) is 48.7 Å². The lowest BCUT2D eigenvalue weighted by Gasteiger charge is -2.25. The van der Waals surface area contributed by atoms with Gasteiger partial charge in [-0.1, -0.05) is 48.0 Å². The Bertz CT molecular complexity index is 1540. The number of nitro benzene ring substituents is 1. The van der Waals surface area contributed by atoms with Crippen molar-refractivity contribution >= 4 is 39.0 Å². The molecule has 1 heterocycles. The smallest absolute Gasteiger partial charge is 0.303 e. The summed E-state index contributed by atoms with van der Waals surface area (Å²) in [5.74, 6) is -1.75. The van der Waals surface area contributed by atoms with Gasteiger partial charge in [0.1, 0.15) is 0 Å². The van der Waals surface area contributed by atoms with Gasteiger partial charge in [0.25, 0.3) is 11.6 Å². The minimum Gasteiger partial charge on any atom is -0.481 e. The van der Waals surface area contributed by atoms with Crippen LogP contribution in [0.15, 0.2) is 82.7 Å². The number of carboxylic acids is 1. The minimum atomic E-state index is -4.20. The summed E-state index contributed by atoms with van der Waals surface area (Å²) >= 11 is 0. The Morgan fingerprint density at radius 3 is 2.50 bits per heavy atom. The average Bonchev–Trinajstić information content (AvgIpc) is 2.99. The molecule has 1 atom stereocenters. The molecule has 11 nitrogen and oxygen atoms in total. The van der Waals surface area contributed by atoms with Crippen molar-refractivity contribution in [3.63, 3.8) is 0 Å². The standard InChI is InChI=1S/C26H24N4O7S/c1-17-11-13-20(14-12-17)38(36,37)28-25-26(33)29(15-5-10-23(31)32)22-9-3-2-8-21(22)24(27-25)18-6-4-7-19(16-18)30(34)35/h2-4,6-9,11-14,16,25,28H,5,10,15H2,1H3,(H,31,32). The average molecular weight is 537 g/mol. The maximum atomic E-state index is 13.7. The Kier molecular flexibility index (Phi) is 7.65. The first kappa shape index (κ1) is 26.6. The van der Waals surface area contributed by atoms with Crippen molar-refractivity contribution in [1.29, 1.82) is 0 Å². The van der Waals surface area contributed by atoms with Crippen LogP contribution in [0.4, 0.5) is 11.4 Å². The Morgan fingerprint density at radius 2 is 1.82 bits per heavy atom. The number of nitrogens with one attached hydrogen (secondary N) is 1. The number of aryl methyl sites for hydroxylation is 1. The van der Waals surface area contributed by atoms with E-state index in [1.54, 1.807) is 49.4 Å². The van der Waals surface area contributed by atoms with Crippen LogP contribution < -0.4 is 9.62 Å². The summed E-state index contributed by atoms with van der Waals surface area (Å²) in [6.45, 7) is 1.79. The molecule has 0 bridgehead atoms. The molecule has 2 N–H and O–H groups in total. The molecule has 3 aromatic rings. The molecular weight excluding hydrogens is 512 g/mol. The highest BCUT2D eigenvalue weighted by atomic mass is 32.2. The second-order valence-corrected chi connectivity index (χ2v) is 10.3. The molecule has 4 rings (SSSR count). The molecule has 38 heavy (non-hydrogen) atoms. The third kappa shape index (κ3) is 5.76. The summed E-state index contributed by atoms with van der Waals surface area (Å²) in [6.07, 6.45) is -1.71. The number of nitrogens with zero attached hydrogens (tertiary/aromatic N) is 3. The van der Waals surface area contributed by atoms with E-state index >= 15 is 0 Å². The first-order valence-corrected chi connectivity index (χ1v) is 13.1. The van der Waals surface area contributed by atoms with Crippen molar-refractivity contribution < 1.29 is 28.0 Å². The predicted octanol–water partition coefficient (Wildman–Crippen LogP) is 3.26. The summed E-state index contributed by atoms with van der Waals surface area (Å²) in [5.41, 5.74) is 1.95. The summed E-state index contributed by atoms with van der Waals surface area (Å²) < 4.78 is 28.8. The number of nitro groups is 1. The van der Waals surface area contributed by atoms with Crippen molar-refractivity contribution in [2.45, 2.75) is 30.8 Å². The van der Waals surface area contributed by atoms with Gasteiger partial charge in [0.2, 0.25) is 10.0 Å². The van der Waals surface area contributed by atoms with Gasteiger partial charge in [0.05, 0.1) is 21.2 Å². The number of carboxylic acid groups (broad SMARTS) is 1. The molecule has 0 saturated heterocycles. The number of anilines is 1. The summed E-state index contributed by atoms with van der Waals surface area (Å²) in [7, 11) is -4.20. The Hall–Kier alpha value is -4.42. The molecule has 1 amide bonds. The van der Waals surface area contributed by atoms with E-state index in [-0.39, 0.29) is 35.7 Å². The normalized spacial score (nSPS) is 15.4. The molecule has 0 aromatic heterocycles. The van der Waals surface area contributed by atoms with Crippen molar-refractivity contribution in [3.8, 4) is 0 Å². The fourth-order valence-corrected chi connectivity index (χ4v) is 5.13. The van der Waals surface area contributed by atoms with Crippen molar-refractivity contribution in [2.24, 2.45) is 4.99 Å². The fraction of sp³-hybridized carbons (Fsp3) is 0.192. The van der Waals surface area contributed by atoms with Gasteiger partial charge >= 0.3 is 5.97 Å². The highest BCUT2D eigenvalue weighted by Gasteiger charge is 2.35. The second kappa shape index (κ2) is 10.9. The number of amides is 1. The predicted molar refractivity (Wildman–Crippen MR) is 140 cm³/mol. The van der Waals surface area contributed by atoms with Crippen LogP contribution in [0, 0.1) is 17.0 Å². The molecule has 1 aliphatic rings. The second-order valence-electron chi connectivity index (χ2n) is 8.63. The van der Waals surface area contributed by atoms with Gasteiger partial charge < -0.3 is 10.0 Å². The minimum absolute atomic E-state index is 0.0113. The molecule has 12 heteroatoms. The Morgan fingerprint density at radius 1 is 1.11 bits per heavy atom. The lowest BCUT2D eigenvalue weighted by Crippen LogP contribution is -2.47. The van der Waals surface area contributed by atoms with E-state index in [0.717, 1.165) is 5.56 Å². The SMILES string of the molecule is Cc1ccc(S(=O)(=O)NC2N=C(c3cccc([N+](=O)[O-])c3)c3ccccc3N(CCCC(=O)O)C2=O)cc1. The monoisotopic (exact) mass is 536 g/mol. The lowest BCUT2D eigenvalue weighted by atomic mass is 9.99. The molecule has 3 aromatic carbocycles. The maximum absolute atomic E-state index is 13.7. The van der Waals surface area contributed by atoms with Gasteiger partial charge in [-0.3, -0.25) is 24.7 Å². The van der Waals surface area contributed by atoms with E-state index in [1.807, 2.05) is 0 Å². The molecular formula is C26H24N4O7S. The molecule has 0 spiro atoms. The molecule has 1 unspecified atom stereocenters. The zero-order valence-electron chi connectivity index (χ0n) is 20.3. The summed E-state index contributed by atoms with van der Waals surface area (Å²) in [6, 6.07) is 18.4. The number of sulfonamides is 1. The van der Waals surface area contributed by atoms with E-state index < -0.39 is 33.0 Å². The van der Waals surface area contributed by atoms with Crippen LogP contribution in [0.2, 0.25) is 0 Å². The third-order valence-corrected chi connectivity index (χ3v) is 7.34. The van der Waals surface area contributed by atoms with Crippen LogP contribution in [-0.2, 0) is 19.6 Å². The highest BCUT2D eigenvalue weighted by Crippen LogP contribution is 2.30. The number of rotatable bonds is 9. The lowest BCUT2D eigenvalue weighted by molar-refractivity contribution is -0.384. The fourth-order valence-electron chi connectivity index (χ4n) is 4.05. The molecule has 0 fully saturated rings. The maximum Gasteiger partial charge on any atom is 0.303 e. The zero-order valence-corrected chi connectivity index (χ0v) is 21.1. The number of para-hydroxylation sites is 1. The summed E-state index contributed by atoms with van der Waals surface area (Å²) in [5, 5.41) is 20.5.